The number of benzene rings is 2. The summed E-state index contributed by atoms with van der Waals surface area (Å²) in [5.74, 6) is -0.00359. The quantitative estimate of drug-likeness (QED) is 0.692. The Morgan fingerprint density at radius 1 is 0.786 bits per heavy atom. The smallest absolute Gasteiger partial charge is 0.239 e. The predicted molar refractivity (Wildman–Crippen MR) is 114 cm³/mol. The van der Waals surface area contributed by atoms with Crippen LogP contribution in [0.25, 0.3) is 0 Å². The Morgan fingerprint density at radius 3 is 1.61 bits per heavy atom. The van der Waals surface area contributed by atoms with E-state index in [1.54, 1.807) is 38.1 Å². The lowest BCUT2D eigenvalue weighted by Crippen LogP contribution is -2.41. The molecule has 0 aliphatic carbocycles. The lowest BCUT2D eigenvalue weighted by atomic mass is 9.87. The minimum atomic E-state index is -1.23. The van der Waals surface area contributed by atoms with Crippen LogP contribution in [0.15, 0.2) is 48.5 Å². The minimum Gasteiger partial charge on any atom is -0.494 e. The van der Waals surface area contributed by atoms with E-state index in [1.807, 2.05) is 31.2 Å². The molecule has 0 bridgehead atoms. The Kier molecular flexibility index (Phi) is 6.49. The first-order valence-electron chi connectivity index (χ1n) is 9.50. The third kappa shape index (κ3) is 5.35. The van der Waals surface area contributed by atoms with Crippen LogP contribution in [0.1, 0.15) is 47.1 Å². The molecule has 0 unspecified atom stereocenters. The third-order valence-electron chi connectivity index (χ3n) is 4.57. The van der Waals surface area contributed by atoms with Gasteiger partial charge >= 0.3 is 0 Å². The summed E-state index contributed by atoms with van der Waals surface area (Å²) in [7, 11) is 0. The highest BCUT2D eigenvalue weighted by atomic mass is 16.5. The van der Waals surface area contributed by atoms with Gasteiger partial charge in [-0.05, 0) is 68.1 Å². The van der Waals surface area contributed by atoms with Crippen LogP contribution in [-0.4, -0.2) is 18.4 Å². The molecule has 2 rings (SSSR count). The number of rotatable bonds is 6. The van der Waals surface area contributed by atoms with Crippen molar-refractivity contribution in [3.8, 4) is 5.75 Å². The maximum Gasteiger partial charge on any atom is 0.239 e. The average molecular weight is 383 g/mol. The molecule has 150 valence electrons. The molecule has 0 heterocycles. The van der Waals surface area contributed by atoms with Gasteiger partial charge in [0.05, 0.1) is 6.61 Å². The first-order valence-corrected chi connectivity index (χ1v) is 9.50. The Morgan fingerprint density at radius 2 is 1.21 bits per heavy atom. The first-order chi connectivity index (χ1) is 13.0. The Balaban J connectivity index is 2.03. The van der Waals surface area contributed by atoms with Gasteiger partial charge in [-0.25, -0.2) is 0 Å². The van der Waals surface area contributed by atoms with Crippen LogP contribution in [0.5, 0.6) is 5.75 Å². The van der Waals surface area contributed by atoms with E-state index in [-0.39, 0.29) is 17.2 Å². The van der Waals surface area contributed by atoms with Crippen LogP contribution in [0.2, 0.25) is 0 Å². The van der Waals surface area contributed by atoms with Crippen LogP contribution in [-0.2, 0) is 15.0 Å². The first kappa shape index (κ1) is 21.5. The number of carbonyl (C=O) groups is 2. The fourth-order valence-electron chi connectivity index (χ4n) is 2.53. The average Bonchev–Trinajstić information content (AvgIpc) is 2.63. The van der Waals surface area contributed by atoms with Crippen molar-refractivity contribution in [2.45, 2.75) is 47.0 Å². The SMILES string of the molecule is CCOc1ccc(NC(=O)C(C)(C)C(=O)Nc2ccc(C(C)(C)C)cc2)cc1. The zero-order valence-corrected chi connectivity index (χ0v) is 17.6. The summed E-state index contributed by atoms with van der Waals surface area (Å²) in [6.45, 7) is 12.1. The van der Waals surface area contributed by atoms with Crippen molar-refractivity contribution in [2.24, 2.45) is 5.41 Å². The van der Waals surface area contributed by atoms with Crippen LogP contribution >= 0.6 is 0 Å². The van der Waals surface area contributed by atoms with Gasteiger partial charge in [0.2, 0.25) is 11.8 Å². The summed E-state index contributed by atoms with van der Waals surface area (Å²) in [5.41, 5.74) is 1.27. The molecule has 0 fully saturated rings. The number of carbonyl (C=O) groups excluding carboxylic acids is 2. The van der Waals surface area contributed by atoms with E-state index in [0.29, 0.717) is 18.0 Å². The molecule has 0 atom stereocenters. The summed E-state index contributed by atoms with van der Waals surface area (Å²) in [6.07, 6.45) is 0. The fraction of sp³-hybridized carbons (Fsp3) is 0.391. The van der Waals surface area contributed by atoms with Crippen molar-refractivity contribution in [3.63, 3.8) is 0 Å². The van der Waals surface area contributed by atoms with Gasteiger partial charge in [-0.15, -0.1) is 0 Å². The highest BCUT2D eigenvalue weighted by molar-refractivity contribution is 6.14. The second-order valence-electron chi connectivity index (χ2n) is 8.32. The van der Waals surface area contributed by atoms with Crippen molar-refractivity contribution in [2.75, 3.05) is 17.2 Å². The van der Waals surface area contributed by atoms with Crippen LogP contribution < -0.4 is 15.4 Å². The largest absolute Gasteiger partial charge is 0.494 e. The Labute approximate surface area is 167 Å². The van der Waals surface area contributed by atoms with E-state index in [1.165, 1.54) is 5.56 Å². The normalized spacial score (nSPS) is 11.6. The van der Waals surface area contributed by atoms with Crippen LogP contribution in [0, 0.1) is 5.41 Å². The lowest BCUT2D eigenvalue weighted by molar-refractivity contribution is -0.135. The van der Waals surface area contributed by atoms with Crippen molar-refractivity contribution in [1.29, 1.82) is 0 Å². The van der Waals surface area contributed by atoms with Crippen LogP contribution in [0.4, 0.5) is 11.4 Å². The van der Waals surface area contributed by atoms with Gasteiger partial charge in [-0.2, -0.15) is 0 Å². The number of hydrogen-bond donors (Lipinski definition) is 2. The topological polar surface area (TPSA) is 67.4 Å². The summed E-state index contributed by atoms with van der Waals surface area (Å²) >= 11 is 0. The monoisotopic (exact) mass is 382 g/mol. The summed E-state index contributed by atoms with van der Waals surface area (Å²) in [6, 6.07) is 14.8. The molecule has 5 nitrogen and oxygen atoms in total. The number of amides is 2. The van der Waals surface area contributed by atoms with E-state index in [9.17, 15) is 9.59 Å². The van der Waals surface area contributed by atoms with E-state index >= 15 is 0 Å². The molecule has 2 aromatic carbocycles. The second kappa shape index (κ2) is 8.46. The molecule has 0 saturated carbocycles. The standard InChI is InChI=1S/C23H30N2O3/c1-7-28-19-14-12-18(13-15-19)25-21(27)23(5,6)20(26)24-17-10-8-16(9-11-17)22(2,3)4/h8-15H,7H2,1-6H3,(H,24,26)(H,25,27). The van der Waals surface area contributed by atoms with Crippen molar-refractivity contribution in [3.05, 3.63) is 54.1 Å². The van der Waals surface area contributed by atoms with Crippen molar-refractivity contribution < 1.29 is 14.3 Å². The zero-order chi connectivity index (χ0) is 20.9. The molecular weight excluding hydrogens is 352 g/mol. The lowest BCUT2D eigenvalue weighted by Gasteiger charge is -2.23. The molecule has 0 aliphatic heterocycles. The summed E-state index contributed by atoms with van der Waals surface area (Å²) in [4.78, 5) is 25.4. The van der Waals surface area contributed by atoms with Gasteiger partial charge in [0, 0.05) is 11.4 Å². The summed E-state index contributed by atoms with van der Waals surface area (Å²) in [5, 5.41) is 5.63. The van der Waals surface area contributed by atoms with E-state index in [4.69, 9.17) is 4.74 Å². The molecule has 5 heteroatoms. The maximum atomic E-state index is 12.7. The van der Waals surface area contributed by atoms with Gasteiger partial charge in [0.25, 0.3) is 0 Å². The summed E-state index contributed by atoms with van der Waals surface area (Å²) < 4.78 is 5.39. The van der Waals surface area contributed by atoms with E-state index in [0.717, 1.165) is 5.75 Å². The molecule has 2 aromatic rings. The predicted octanol–water partition coefficient (Wildman–Crippen LogP) is 4.99. The molecule has 0 saturated heterocycles. The molecule has 2 amide bonds. The Bertz CT molecular complexity index is 816. The van der Waals surface area contributed by atoms with E-state index in [2.05, 4.69) is 31.4 Å². The van der Waals surface area contributed by atoms with Crippen molar-refractivity contribution >= 4 is 23.2 Å². The van der Waals surface area contributed by atoms with E-state index < -0.39 is 5.41 Å². The highest BCUT2D eigenvalue weighted by Gasteiger charge is 2.36. The molecule has 28 heavy (non-hydrogen) atoms. The van der Waals surface area contributed by atoms with Gasteiger partial charge in [0.1, 0.15) is 11.2 Å². The number of hydrogen-bond acceptors (Lipinski definition) is 3. The second-order valence-corrected chi connectivity index (χ2v) is 8.32. The molecule has 0 spiro atoms. The third-order valence-corrected chi connectivity index (χ3v) is 4.57. The van der Waals surface area contributed by atoms with Gasteiger partial charge < -0.3 is 15.4 Å². The number of nitrogens with one attached hydrogen (secondary N) is 2. The Hall–Kier alpha value is -2.82. The maximum absolute atomic E-state index is 12.7. The molecule has 0 radical (unpaired) electrons. The molecular formula is C23H30N2O3. The number of ether oxygens (including phenoxy) is 1. The van der Waals surface area contributed by atoms with Crippen LogP contribution in [0.3, 0.4) is 0 Å². The fourth-order valence-corrected chi connectivity index (χ4v) is 2.53. The van der Waals surface area contributed by atoms with Gasteiger partial charge in [-0.1, -0.05) is 32.9 Å². The number of anilines is 2. The molecule has 2 N–H and O–H groups in total. The minimum absolute atomic E-state index is 0.0411. The zero-order valence-electron chi connectivity index (χ0n) is 17.6. The van der Waals surface area contributed by atoms with Gasteiger partial charge in [0.15, 0.2) is 0 Å². The molecule has 0 aromatic heterocycles. The highest BCUT2D eigenvalue weighted by Crippen LogP contribution is 2.26. The van der Waals surface area contributed by atoms with Crippen molar-refractivity contribution in [1.82, 2.24) is 0 Å². The molecule has 0 aliphatic rings. The van der Waals surface area contributed by atoms with Gasteiger partial charge in [-0.3, -0.25) is 9.59 Å².